The number of halogens is 2. The minimum absolute atomic E-state index is 0.00645. The van der Waals surface area contributed by atoms with Gasteiger partial charge in [0.05, 0.1) is 6.04 Å². The van der Waals surface area contributed by atoms with E-state index in [1.165, 1.54) is 12.1 Å². The standard InChI is InChI=1S/C19H20BrFN6/c1-12(14-4-6-15(20)7-5-14)24-19-26-17(22)25-18(27-19)23-11-10-13-2-8-16(21)9-3-13/h2-9,12H,10-11H2,1H3,(H4,22,23,24,25,26,27)/t12-/m0/s1. The zero-order valence-electron chi connectivity index (χ0n) is 14.8. The molecule has 2 aromatic carbocycles. The third kappa shape index (κ3) is 5.62. The van der Waals surface area contributed by atoms with Crippen LogP contribution in [0.15, 0.2) is 53.0 Å². The zero-order chi connectivity index (χ0) is 19.2. The van der Waals surface area contributed by atoms with E-state index in [1.54, 1.807) is 12.1 Å². The molecule has 0 aliphatic carbocycles. The first-order chi connectivity index (χ1) is 13.0. The lowest BCUT2D eigenvalue weighted by molar-refractivity contribution is 0.627. The van der Waals surface area contributed by atoms with Crippen molar-refractivity contribution in [1.82, 2.24) is 15.0 Å². The highest BCUT2D eigenvalue weighted by molar-refractivity contribution is 9.10. The molecule has 0 unspecified atom stereocenters. The fourth-order valence-corrected chi connectivity index (χ4v) is 2.80. The number of aromatic nitrogens is 3. The van der Waals surface area contributed by atoms with Crippen LogP contribution >= 0.6 is 15.9 Å². The first-order valence-electron chi connectivity index (χ1n) is 8.51. The first-order valence-corrected chi connectivity index (χ1v) is 9.31. The van der Waals surface area contributed by atoms with Crippen LogP contribution in [-0.2, 0) is 6.42 Å². The number of anilines is 3. The molecule has 3 aromatic rings. The normalized spacial score (nSPS) is 11.8. The average molecular weight is 431 g/mol. The van der Waals surface area contributed by atoms with Crippen LogP contribution < -0.4 is 16.4 Å². The smallest absolute Gasteiger partial charge is 0.229 e. The summed E-state index contributed by atoms with van der Waals surface area (Å²) in [4.78, 5) is 12.6. The van der Waals surface area contributed by atoms with Crippen molar-refractivity contribution in [2.24, 2.45) is 0 Å². The fourth-order valence-electron chi connectivity index (χ4n) is 2.53. The molecule has 0 spiro atoms. The largest absolute Gasteiger partial charge is 0.368 e. The lowest BCUT2D eigenvalue weighted by atomic mass is 10.1. The van der Waals surface area contributed by atoms with Crippen LogP contribution in [-0.4, -0.2) is 21.5 Å². The molecule has 140 valence electrons. The summed E-state index contributed by atoms with van der Waals surface area (Å²) >= 11 is 3.43. The molecule has 0 saturated carbocycles. The van der Waals surface area contributed by atoms with Crippen LogP contribution in [0.1, 0.15) is 24.1 Å². The van der Waals surface area contributed by atoms with Crippen molar-refractivity contribution in [3.63, 3.8) is 0 Å². The van der Waals surface area contributed by atoms with Gasteiger partial charge in [0.15, 0.2) is 0 Å². The van der Waals surface area contributed by atoms with Crippen LogP contribution in [0.2, 0.25) is 0 Å². The lowest BCUT2D eigenvalue weighted by Gasteiger charge is -2.15. The molecule has 8 heteroatoms. The van der Waals surface area contributed by atoms with Gasteiger partial charge in [0.1, 0.15) is 5.82 Å². The molecule has 1 aromatic heterocycles. The number of nitrogens with zero attached hydrogens (tertiary/aromatic N) is 3. The number of nitrogens with one attached hydrogen (secondary N) is 2. The van der Waals surface area contributed by atoms with Crippen LogP contribution in [0.3, 0.4) is 0 Å². The maximum atomic E-state index is 12.9. The molecule has 6 nitrogen and oxygen atoms in total. The Morgan fingerprint density at radius 2 is 1.67 bits per heavy atom. The summed E-state index contributed by atoms with van der Waals surface area (Å²) in [5.74, 6) is 0.699. The van der Waals surface area contributed by atoms with Crippen LogP contribution in [0.25, 0.3) is 0 Å². The molecule has 0 aliphatic rings. The third-order valence-corrected chi connectivity index (χ3v) is 4.51. The molecule has 0 fully saturated rings. The Labute approximate surface area is 165 Å². The number of nitrogen functional groups attached to an aromatic ring is 1. The first kappa shape index (κ1) is 19.0. The predicted octanol–water partition coefficient (Wildman–Crippen LogP) is 4.18. The maximum Gasteiger partial charge on any atom is 0.229 e. The van der Waals surface area contributed by atoms with Crippen molar-refractivity contribution in [3.8, 4) is 0 Å². The number of hydrogen-bond acceptors (Lipinski definition) is 6. The Hall–Kier alpha value is -2.74. The van der Waals surface area contributed by atoms with Crippen molar-refractivity contribution in [1.29, 1.82) is 0 Å². The Morgan fingerprint density at radius 3 is 2.37 bits per heavy atom. The van der Waals surface area contributed by atoms with Gasteiger partial charge in [-0.3, -0.25) is 0 Å². The van der Waals surface area contributed by atoms with E-state index in [0.717, 1.165) is 15.6 Å². The fraction of sp³-hybridized carbons (Fsp3) is 0.211. The zero-order valence-corrected chi connectivity index (χ0v) is 16.4. The molecule has 0 bridgehead atoms. The minimum Gasteiger partial charge on any atom is -0.368 e. The van der Waals surface area contributed by atoms with Gasteiger partial charge in [0.2, 0.25) is 17.8 Å². The van der Waals surface area contributed by atoms with E-state index >= 15 is 0 Å². The van der Waals surface area contributed by atoms with E-state index < -0.39 is 0 Å². The third-order valence-electron chi connectivity index (χ3n) is 3.98. The Morgan fingerprint density at radius 1 is 1.00 bits per heavy atom. The molecule has 27 heavy (non-hydrogen) atoms. The monoisotopic (exact) mass is 430 g/mol. The topological polar surface area (TPSA) is 88.8 Å². The highest BCUT2D eigenvalue weighted by atomic mass is 79.9. The average Bonchev–Trinajstić information content (AvgIpc) is 2.63. The van der Waals surface area contributed by atoms with Crippen LogP contribution in [0, 0.1) is 5.82 Å². The molecule has 3 rings (SSSR count). The van der Waals surface area contributed by atoms with Gasteiger partial charge < -0.3 is 16.4 Å². The summed E-state index contributed by atoms with van der Waals surface area (Å²) < 4.78 is 14.0. The van der Waals surface area contributed by atoms with Crippen LogP contribution in [0.5, 0.6) is 0 Å². The van der Waals surface area contributed by atoms with Gasteiger partial charge in [0, 0.05) is 11.0 Å². The summed E-state index contributed by atoms with van der Waals surface area (Å²) in [6.07, 6.45) is 0.712. The van der Waals surface area contributed by atoms with E-state index in [-0.39, 0.29) is 17.8 Å². The second-order valence-electron chi connectivity index (χ2n) is 6.06. The molecule has 1 heterocycles. The van der Waals surface area contributed by atoms with Gasteiger partial charge in [0.25, 0.3) is 0 Å². The van der Waals surface area contributed by atoms with Crippen molar-refractivity contribution in [3.05, 3.63) is 69.9 Å². The molecule has 1 atom stereocenters. The minimum atomic E-state index is -0.243. The summed E-state index contributed by atoms with van der Waals surface area (Å²) in [5.41, 5.74) is 7.92. The second kappa shape index (κ2) is 8.77. The molecule has 0 amide bonds. The molecule has 4 N–H and O–H groups in total. The highest BCUT2D eigenvalue weighted by Gasteiger charge is 2.10. The molecule has 0 saturated heterocycles. The van der Waals surface area contributed by atoms with Crippen molar-refractivity contribution >= 4 is 33.8 Å². The molecular formula is C19H20BrFN6. The summed E-state index contributed by atoms with van der Waals surface area (Å²) in [5, 5.41) is 6.36. The predicted molar refractivity (Wildman–Crippen MR) is 109 cm³/mol. The summed E-state index contributed by atoms with van der Waals surface area (Å²) in [6, 6.07) is 14.4. The van der Waals surface area contributed by atoms with E-state index in [0.29, 0.717) is 24.9 Å². The van der Waals surface area contributed by atoms with Crippen molar-refractivity contribution in [2.75, 3.05) is 22.9 Å². The number of nitrogens with two attached hydrogens (primary N) is 1. The van der Waals surface area contributed by atoms with Gasteiger partial charge in [-0.2, -0.15) is 15.0 Å². The van der Waals surface area contributed by atoms with Gasteiger partial charge in [-0.15, -0.1) is 0 Å². The van der Waals surface area contributed by atoms with Gasteiger partial charge in [-0.1, -0.05) is 40.2 Å². The number of benzene rings is 2. The SMILES string of the molecule is C[C@H](Nc1nc(N)nc(NCCc2ccc(F)cc2)n1)c1ccc(Br)cc1. The van der Waals surface area contributed by atoms with E-state index in [2.05, 4.69) is 41.5 Å². The Kier molecular flexibility index (Phi) is 6.18. The van der Waals surface area contributed by atoms with E-state index in [4.69, 9.17) is 5.73 Å². The quantitative estimate of drug-likeness (QED) is 0.520. The summed E-state index contributed by atoms with van der Waals surface area (Å²) in [6.45, 7) is 2.61. The Bertz CT molecular complexity index is 886. The number of rotatable bonds is 7. The lowest BCUT2D eigenvalue weighted by Crippen LogP contribution is -2.14. The Balaban J connectivity index is 1.61. The second-order valence-corrected chi connectivity index (χ2v) is 6.98. The molecule has 0 radical (unpaired) electrons. The van der Waals surface area contributed by atoms with Gasteiger partial charge in [-0.05, 0) is 48.7 Å². The van der Waals surface area contributed by atoms with Crippen molar-refractivity contribution < 1.29 is 4.39 Å². The van der Waals surface area contributed by atoms with E-state index in [9.17, 15) is 4.39 Å². The van der Waals surface area contributed by atoms with Gasteiger partial charge in [-0.25, -0.2) is 4.39 Å². The maximum absolute atomic E-state index is 12.9. The van der Waals surface area contributed by atoms with Crippen LogP contribution in [0.4, 0.5) is 22.2 Å². The summed E-state index contributed by atoms with van der Waals surface area (Å²) in [7, 11) is 0. The molecular weight excluding hydrogens is 411 g/mol. The molecule has 0 aliphatic heterocycles. The highest BCUT2D eigenvalue weighted by Crippen LogP contribution is 2.20. The van der Waals surface area contributed by atoms with E-state index in [1.807, 2.05) is 31.2 Å². The van der Waals surface area contributed by atoms with Gasteiger partial charge >= 0.3 is 0 Å². The van der Waals surface area contributed by atoms with Crippen molar-refractivity contribution in [2.45, 2.75) is 19.4 Å². The number of hydrogen-bond donors (Lipinski definition) is 3.